The maximum absolute atomic E-state index is 12.5. The Morgan fingerprint density at radius 3 is 2.78 bits per heavy atom. The van der Waals surface area contributed by atoms with Crippen LogP contribution < -0.4 is 16.0 Å². The second-order valence-corrected chi connectivity index (χ2v) is 6.16. The average Bonchev–Trinajstić information content (AvgIpc) is 3.09. The van der Waals surface area contributed by atoms with Crippen LogP contribution in [-0.2, 0) is 28.8 Å². The number of aromatic nitrogens is 1. The van der Waals surface area contributed by atoms with Crippen LogP contribution >= 0.6 is 22.9 Å². The van der Waals surface area contributed by atoms with Crippen molar-refractivity contribution in [3.63, 3.8) is 0 Å². The van der Waals surface area contributed by atoms with E-state index in [-0.39, 0.29) is 29.0 Å². The third kappa shape index (κ3) is 4.92. The smallest absolute Gasteiger partial charge is 0.331 e. The molecule has 1 aliphatic rings. The van der Waals surface area contributed by atoms with Crippen LogP contribution in [0.5, 0.6) is 0 Å². The lowest BCUT2D eigenvalue weighted by molar-refractivity contribution is -0.155. The SMILES string of the molecule is CCOC(=O)C1NC(=O)C1NC(=O)/C(=N\OC)c1csc(NC(=O)CCl)n1. The van der Waals surface area contributed by atoms with Gasteiger partial charge in [0.15, 0.2) is 16.9 Å². The summed E-state index contributed by atoms with van der Waals surface area (Å²) in [5, 5.41) is 12.5. The Labute approximate surface area is 162 Å². The zero-order valence-electron chi connectivity index (χ0n) is 14.3. The van der Waals surface area contributed by atoms with Gasteiger partial charge in [0.2, 0.25) is 11.8 Å². The van der Waals surface area contributed by atoms with Crippen LogP contribution in [0.2, 0.25) is 0 Å². The topological polar surface area (TPSA) is 148 Å². The third-order valence-corrected chi connectivity index (χ3v) is 4.25. The summed E-state index contributed by atoms with van der Waals surface area (Å²) in [5.41, 5.74) is -0.126. The van der Waals surface area contributed by atoms with E-state index in [0.717, 1.165) is 11.3 Å². The Hall–Kier alpha value is -2.73. The molecule has 2 heterocycles. The molecule has 1 aromatic rings. The largest absolute Gasteiger partial charge is 0.464 e. The molecule has 1 aromatic heterocycles. The van der Waals surface area contributed by atoms with E-state index < -0.39 is 35.8 Å². The molecule has 2 atom stereocenters. The number of halogens is 1. The van der Waals surface area contributed by atoms with Gasteiger partial charge in [-0.3, -0.25) is 14.4 Å². The van der Waals surface area contributed by atoms with Gasteiger partial charge in [-0.05, 0) is 6.92 Å². The standard InChI is InChI=1S/C14H16ClN5O6S/c1-3-26-13(24)10-9(12(23)19-10)18-11(22)8(20-25-2)6-5-27-14(16-6)17-7(21)4-15/h5,9-10H,3-4H2,1-2H3,(H,18,22)(H,19,23)(H,16,17,21)/b20-8-. The predicted molar refractivity (Wildman–Crippen MR) is 95.5 cm³/mol. The number of β-lactam (4-membered cyclic amide) rings is 1. The van der Waals surface area contributed by atoms with E-state index in [1.165, 1.54) is 12.5 Å². The molecule has 0 radical (unpaired) electrons. The van der Waals surface area contributed by atoms with Crippen LogP contribution in [0.4, 0.5) is 5.13 Å². The molecular formula is C14H16ClN5O6S. The van der Waals surface area contributed by atoms with Gasteiger partial charge in [-0.2, -0.15) is 0 Å². The number of thiazole rings is 1. The molecule has 1 saturated heterocycles. The van der Waals surface area contributed by atoms with E-state index >= 15 is 0 Å². The Balaban J connectivity index is 2.11. The number of carbonyl (C=O) groups is 4. The summed E-state index contributed by atoms with van der Waals surface area (Å²) in [6.45, 7) is 1.76. The summed E-state index contributed by atoms with van der Waals surface area (Å²) >= 11 is 6.45. The molecule has 1 aliphatic heterocycles. The summed E-state index contributed by atoms with van der Waals surface area (Å²) in [4.78, 5) is 56.0. The van der Waals surface area contributed by atoms with Crippen LogP contribution in [0, 0.1) is 0 Å². The molecule has 3 amide bonds. The fraction of sp³-hybridized carbons (Fsp3) is 0.429. The summed E-state index contributed by atoms with van der Waals surface area (Å²) in [7, 11) is 1.23. The molecule has 11 nitrogen and oxygen atoms in total. The first-order valence-corrected chi connectivity index (χ1v) is 9.03. The molecule has 0 bridgehead atoms. The molecular weight excluding hydrogens is 402 g/mol. The second kappa shape index (κ2) is 9.28. The Kier molecular flexibility index (Phi) is 7.07. The molecule has 3 N–H and O–H groups in total. The van der Waals surface area contributed by atoms with Crippen molar-refractivity contribution in [2.75, 3.05) is 24.9 Å². The van der Waals surface area contributed by atoms with Crippen LogP contribution in [0.25, 0.3) is 0 Å². The molecule has 0 aromatic carbocycles. The highest BCUT2D eigenvalue weighted by Crippen LogP contribution is 2.17. The number of ether oxygens (including phenoxy) is 1. The Bertz CT molecular complexity index is 782. The molecule has 146 valence electrons. The maximum atomic E-state index is 12.5. The van der Waals surface area contributed by atoms with E-state index in [2.05, 4.69) is 30.9 Å². The molecule has 13 heteroatoms. The molecule has 0 saturated carbocycles. The third-order valence-electron chi connectivity index (χ3n) is 3.25. The van der Waals surface area contributed by atoms with Crippen LogP contribution in [-0.4, -0.2) is 66.1 Å². The van der Waals surface area contributed by atoms with E-state index in [1.807, 2.05) is 0 Å². The van der Waals surface area contributed by atoms with Crippen molar-refractivity contribution in [1.29, 1.82) is 0 Å². The number of nitrogens with one attached hydrogen (secondary N) is 3. The number of anilines is 1. The molecule has 0 aliphatic carbocycles. The van der Waals surface area contributed by atoms with Crippen LogP contribution in [0.1, 0.15) is 12.6 Å². The number of carbonyl (C=O) groups excluding carboxylic acids is 4. The van der Waals surface area contributed by atoms with Gasteiger partial charge in [-0.15, -0.1) is 22.9 Å². The zero-order chi connectivity index (χ0) is 20.0. The van der Waals surface area contributed by atoms with Crippen molar-refractivity contribution in [3.05, 3.63) is 11.1 Å². The van der Waals surface area contributed by atoms with Gasteiger partial charge in [-0.1, -0.05) is 5.16 Å². The Morgan fingerprint density at radius 2 is 2.19 bits per heavy atom. The zero-order valence-corrected chi connectivity index (χ0v) is 15.8. The van der Waals surface area contributed by atoms with E-state index in [0.29, 0.717) is 0 Å². The number of oxime groups is 1. The monoisotopic (exact) mass is 417 g/mol. The van der Waals surface area contributed by atoms with Gasteiger partial charge in [-0.25, -0.2) is 9.78 Å². The number of esters is 1. The lowest BCUT2D eigenvalue weighted by Gasteiger charge is -2.34. The minimum atomic E-state index is -1.10. The van der Waals surface area contributed by atoms with Gasteiger partial charge < -0.3 is 25.5 Å². The van der Waals surface area contributed by atoms with Gasteiger partial charge >= 0.3 is 5.97 Å². The van der Waals surface area contributed by atoms with Gasteiger partial charge in [0.1, 0.15) is 24.7 Å². The highest BCUT2D eigenvalue weighted by molar-refractivity contribution is 7.14. The normalized spacial score (nSPS) is 18.8. The first-order chi connectivity index (χ1) is 12.9. The first kappa shape index (κ1) is 20.6. The van der Waals surface area contributed by atoms with Crippen molar-refractivity contribution >= 4 is 57.5 Å². The quantitative estimate of drug-likeness (QED) is 0.165. The number of hydrogen-bond acceptors (Lipinski definition) is 9. The van der Waals surface area contributed by atoms with Crippen LogP contribution in [0.3, 0.4) is 0 Å². The maximum Gasteiger partial charge on any atom is 0.331 e. The highest BCUT2D eigenvalue weighted by Gasteiger charge is 2.46. The number of hydrogen-bond donors (Lipinski definition) is 3. The number of nitrogens with zero attached hydrogens (tertiary/aromatic N) is 2. The molecule has 2 unspecified atom stereocenters. The van der Waals surface area contributed by atoms with Crippen molar-refractivity contribution in [1.82, 2.24) is 15.6 Å². The molecule has 27 heavy (non-hydrogen) atoms. The fourth-order valence-corrected chi connectivity index (χ4v) is 2.83. The lowest BCUT2D eigenvalue weighted by Crippen LogP contribution is -2.72. The van der Waals surface area contributed by atoms with Crippen LogP contribution in [0.15, 0.2) is 10.5 Å². The van der Waals surface area contributed by atoms with E-state index in [9.17, 15) is 19.2 Å². The second-order valence-electron chi connectivity index (χ2n) is 5.03. The average molecular weight is 418 g/mol. The Morgan fingerprint density at radius 1 is 1.44 bits per heavy atom. The predicted octanol–water partition coefficient (Wildman–Crippen LogP) is -0.783. The summed E-state index contributed by atoms with van der Waals surface area (Å²) in [5.74, 6) is -2.69. The van der Waals surface area contributed by atoms with Gasteiger partial charge in [0, 0.05) is 5.38 Å². The van der Waals surface area contributed by atoms with Crippen molar-refractivity contribution in [2.24, 2.45) is 5.16 Å². The van der Waals surface area contributed by atoms with Crippen molar-refractivity contribution < 1.29 is 28.8 Å². The van der Waals surface area contributed by atoms with E-state index in [4.69, 9.17) is 16.3 Å². The van der Waals surface area contributed by atoms with Crippen molar-refractivity contribution in [2.45, 2.75) is 19.0 Å². The van der Waals surface area contributed by atoms with E-state index in [1.54, 1.807) is 6.92 Å². The minimum Gasteiger partial charge on any atom is -0.464 e. The van der Waals surface area contributed by atoms with Gasteiger partial charge in [0.05, 0.1) is 6.61 Å². The molecule has 1 fully saturated rings. The van der Waals surface area contributed by atoms with Crippen molar-refractivity contribution in [3.8, 4) is 0 Å². The minimum absolute atomic E-state index is 0.108. The van der Waals surface area contributed by atoms with Gasteiger partial charge in [0.25, 0.3) is 5.91 Å². The summed E-state index contributed by atoms with van der Waals surface area (Å²) in [6, 6.07) is -2.09. The first-order valence-electron chi connectivity index (χ1n) is 7.62. The summed E-state index contributed by atoms with van der Waals surface area (Å²) < 4.78 is 4.83. The lowest BCUT2D eigenvalue weighted by atomic mass is 9.98. The number of alkyl halides is 1. The molecule has 2 rings (SSSR count). The number of rotatable bonds is 8. The number of amides is 3. The molecule has 0 spiro atoms. The fourth-order valence-electron chi connectivity index (χ4n) is 2.06. The highest BCUT2D eigenvalue weighted by atomic mass is 35.5. The summed E-state index contributed by atoms with van der Waals surface area (Å²) in [6.07, 6.45) is 0.